The van der Waals surface area contributed by atoms with Gasteiger partial charge in [0.15, 0.2) is 0 Å². The third kappa shape index (κ3) is 3.46. The topological polar surface area (TPSA) is 15.3 Å². The molecule has 2 heteroatoms. The highest BCUT2D eigenvalue weighted by Crippen LogP contribution is 2.22. The summed E-state index contributed by atoms with van der Waals surface area (Å²) >= 11 is 0. The molecule has 1 aromatic rings. The van der Waals surface area contributed by atoms with Crippen LogP contribution in [0.5, 0.6) is 0 Å². The van der Waals surface area contributed by atoms with Gasteiger partial charge in [-0.2, -0.15) is 0 Å². The van der Waals surface area contributed by atoms with Crippen LogP contribution in [-0.2, 0) is 0 Å². The zero-order valence-electron chi connectivity index (χ0n) is 10.5. The van der Waals surface area contributed by atoms with Gasteiger partial charge >= 0.3 is 0 Å². The van der Waals surface area contributed by atoms with Gasteiger partial charge in [0.25, 0.3) is 0 Å². The molecule has 0 saturated carbocycles. The average Bonchev–Trinajstić information content (AvgIpc) is 2.16. The maximum absolute atomic E-state index is 3.48. The van der Waals surface area contributed by atoms with Crippen LogP contribution in [-0.4, -0.2) is 20.6 Å². The van der Waals surface area contributed by atoms with E-state index in [2.05, 4.69) is 63.3 Å². The molecule has 0 amide bonds. The molecule has 0 aliphatic heterocycles. The molecule has 15 heavy (non-hydrogen) atoms. The van der Waals surface area contributed by atoms with Gasteiger partial charge in [0.05, 0.1) is 0 Å². The molecule has 0 atom stereocenters. The number of aryl methyl sites for hydroxylation is 1. The molecule has 0 spiro atoms. The van der Waals surface area contributed by atoms with Gasteiger partial charge in [0, 0.05) is 32.0 Å². The van der Waals surface area contributed by atoms with Crippen LogP contribution < -0.4 is 10.2 Å². The SMILES string of the molecule is Cc1ccc(N(C)C)cc1NCC(C)C. The highest BCUT2D eigenvalue weighted by atomic mass is 15.1. The van der Waals surface area contributed by atoms with Gasteiger partial charge in [0.2, 0.25) is 0 Å². The predicted octanol–water partition coefficient (Wildman–Crippen LogP) is 3.13. The van der Waals surface area contributed by atoms with Crippen molar-refractivity contribution in [1.82, 2.24) is 0 Å². The lowest BCUT2D eigenvalue weighted by Crippen LogP contribution is -2.12. The highest BCUT2D eigenvalue weighted by molar-refractivity contribution is 5.61. The minimum absolute atomic E-state index is 0.674. The molecule has 0 heterocycles. The van der Waals surface area contributed by atoms with E-state index in [-0.39, 0.29) is 0 Å². The fourth-order valence-corrected chi connectivity index (χ4v) is 1.39. The number of hydrogen-bond acceptors (Lipinski definition) is 2. The van der Waals surface area contributed by atoms with Crippen molar-refractivity contribution >= 4 is 11.4 Å². The molecule has 1 N–H and O–H groups in total. The molecule has 1 rings (SSSR count). The van der Waals surface area contributed by atoms with Crippen molar-refractivity contribution in [2.75, 3.05) is 30.9 Å². The first-order valence-corrected chi connectivity index (χ1v) is 5.52. The highest BCUT2D eigenvalue weighted by Gasteiger charge is 2.02. The Labute approximate surface area is 93.3 Å². The lowest BCUT2D eigenvalue weighted by molar-refractivity contribution is 0.688. The number of anilines is 2. The van der Waals surface area contributed by atoms with Gasteiger partial charge in [-0.1, -0.05) is 19.9 Å². The summed E-state index contributed by atoms with van der Waals surface area (Å²) in [6.07, 6.45) is 0. The zero-order valence-corrected chi connectivity index (χ0v) is 10.5. The Morgan fingerprint density at radius 3 is 2.47 bits per heavy atom. The van der Waals surface area contributed by atoms with E-state index in [0.29, 0.717) is 5.92 Å². The van der Waals surface area contributed by atoms with Gasteiger partial charge in [-0.05, 0) is 30.5 Å². The van der Waals surface area contributed by atoms with Crippen LogP contribution in [0.15, 0.2) is 18.2 Å². The van der Waals surface area contributed by atoms with Gasteiger partial charge < -0.3 is 10.2 Å². The van der Waals surface area contributed by atoms with Gasteiger partial charge in [-0.25, -0.2) is 0 Å². The van der Waals surface area contributed by atoms with Crippen molar-refractivity contribution in [3.63, 3.8) is 0 Å². The largest absolute Gasteiger partial charge is 0.385 e. The maximum Gasteiger partial charge on any atom is 0.0390 e. The first kappa shape index (κ1) is 11.9. The number of benzene rings is 1. The van der Waals surface area contributed by atoms with E-state index in [4.69, 9.17) is 0 Å². The van der Waals surface area contributed by atoms with Crippen LogP contribution in [0.3, 0.4) is 0 Å². The van der Waals surface area contributed by atoms with Crippen LogP contribution in [0, 0.1) is 12.8 Å². The monoisotopic (exact) mass is 206 g/mol. The van der Waals surface area contributed by atoms with E-state index < -0.39 is 0 Å². The Morgan fingerprint density at radius 2 is 1.93 bits per heavy atom. The van der Waals surface area contributed by atoms with Crippen molar-refractivity contribution in [2.45, 2.75) is 20.8 Å². The first-order chi connectivity index (χ1) is 7.00. The molecular weight excluding hydrogens is 184 g/mol. The van der Waals surface area contributed by atoms with Gasteiger partial charge in [-0.15, -0.1) is 0 Å². The lowest BCUT2D eigenvalue weighted by Gasteiger charge is -2.17. The van der Waals surface area contributed by atoms with Crippen LogP contribution in [0.1, 0.15) is 19.4 Å². The summed E-state index contributed by atoms with van der Waals surface area (Å²) in [6.45, 7) is 7.61. The van der Waals surface area contributed by atoms with Crippen molar-refractivity contribution in [3.8, 4) is 0 Å². The molecule has 0 saturated heterocycles. The number of rotatable bonds is 4. The van der Waals surface area contributed by atoms with E-state index in [1.807, 2.05) is 0 Å². The number of nitrogens with one attached hydrogen (secondary N) is 1. The van der Waals surface area contributed by atoms with Crippen LogP contribution in [0.25, 0.3) is 0 Å². The molecule has 0 aliphatic carbocycles. The summed E-state index contributed by atoms with van der Waals surface area (Å²) in [7, 11) is 4.13. The Kier molecular flexibility index (Phi) is 4.01. The second kappa shape index (κ2) is 5.06. The Bertz CT molecular complexity index is 316. The summed E-state index contributed by atoms with van der Waals surface area (Å²) in [5.41, 5.74) is 3.79. The minimum atomic E-state index is 0.674. The summed E-state index contributed by atoms with van der Waals surface area (Å²) in [4.78, 5) is 2.12. The number of nitrogens with zero attached hydrogens (tertiary/aromatic N) is 1. The standard InChI is InChI=1S/C13H22N2/c1-10(2)9-14-13-8-12(15(4)5)7-6-11(13)3/h6-8,10,14H,9H2,1-5H3. The first-order valence-electron chi connectivity index (χ1n) is 5.52. The Hall–Kier alpha value is -1.18. The molecule has 0 fully saturated rings. The molecule has 2 nitrogen and oxygen atoms in total. The summed E-state index contributed by atoms with van der Waals surface area (Å²) < 4.78 is 0. The summed E-state index contributed by atoms with van der Waals surface area (Å²) in [6, 6.07) is 6.52. The van der Waals surface area contributed by atoms with E-state index >= 15 is 0 Å². The second-order valence-electron chi connectivity index (χ2n) is 4.67. The molecule has 0 radical (unpaired) electrons. The van der Waals surface area contributed by atoms with E-state index in [1.165, 1.54) is 16.9 Å². The Morgan fingerprint density at radius 1 is 1.27 bits per heavy atom. The molecule has 0 aliphatic rings. The second-order valence-corrected chi connectivity index (χ2v) is 4.67. The third-order valence-corrected chi connectivity index (χ3v) is 2.44. The van der Waals surface area contributed by atoms with Crippen molar-refractivity contribution in [1.29, 1.82) is 0 Å². The van der Waals surface area contributed by atoms with E-state index in [1.54, 1.807) is 0 Å². The fourth-order valence-electron chi connectivity index (χ4n) is 1.39. The van der Waals surface area contributed by atoms with E-state index in [0.717, 1.165) is 6.54 Å². The number of hydrogen-bond donors (Lipinski definition) is 1. The van der Waals surface area contributed by atoms with Gasteiger partial charge in [-0.3, -0.25) is 0 Å². The lowest BCUT2D eigenvalue weighted by atomic mass is 10.1. The van der Waals surface area contributed by atoms with Crippen molar-refractivity contribution in [2.24, 2.45) is 5.92 Å². The average molecular weight is 206 g/mol. The molecule has 0 unspecified atom stereocenters. The molecule has 0 aromatic heterocycles. The molecule has 1 aromatic carbocycles. The smallest absolute Gasteiger partial charge is 0.0390 e. The van der Waals surface area contributed by atoms with Gasteiger partial charge in [0.1, 0.15) is 0 Å². The summed E-state index contributed by atoms with van der Waals surface area (Å²) in [5.74, 6) is 0.674. The van der Waals surface area contributed by atoms with Crippen LogP contribution >= 0.6 is 0 Å². The fraction of sp³-hybridized carbons (Fsp3) is 0.538. The predicted molar refractivity (Wildman–Crippen MR) is 68.8 cm³/mol. The zero-order chi connectivity index (χ0) is 11.4. The van der Waals surface area contributed by atoms with Crippen LogP contribution in [0.2, 0.25) is 0 Å². The molecule has 84 valence electrons. The van der Waals surface area contributed by atoms with Crippen molar-refractivity contribution < 1.29 is 0 Å². The maximum atomic E-state index is 3.48. The minimum Gasteiger partial charge on any atom is -0.385 e. The third-order valence-electron chi connectivity index (χ3n) is 2.44. The normalized spacial score (nSPS) is 10.5. The van der Waals surface area contributed by atoms with Crippen molar-refractivity contribution in [3.05, 3.63) is 23.8 Å². The quantitative estimate of drug-likeness (QED) is 0.814. The van der Waals surface area contributed by atoms with E-state index in [9.17, 15) is 0 Å². The molecular formula is C13H22N2. The molecule has 0 bridgehead atoms. The Balaban J connectivity index is 2.81. The summed E-state index contributed by atoms with van der Waals surface area (Å²) in [5, 5.41) is 3.48. The van der Waals surface area contributed by atoms with Crippen LogP contribution in [0.4, 0.5) is 11.4 Å².